The van der Waals surface area contributed by atoms with E-state index in [1.807, 2.05) is 0 Å². The van der Waals surface area contributed by atoms with E-state index >= 15 is 0 Å². The van der Waals surface area contributed by atoms with Crippen LogP contribution in [0.2, 0.25) is 0 Å². The van der Waals surface area contributed by atoms with Crippen LogP contribution < -0.4 is 76.8 Å². The Morgan fingerprint density at radius 1 is 0.270 bits per heavy atom. The molecule has 0 fully saturated rings. The van der Waals surface area contributed by atoms with Crippen molar-refractivity contribution in [3.05, 3.63) is 121 Å². The summed E-state index contributed by atoms with van der Waals surface area (Å²) in [5.74, 6) is -6.17. The van der Waals surface area contributed by atoms with Crippen molar-refractivity contribution in [2.75, 3.05) is 23.6 Å². The van der Waals surface area contributed by atoms with Gasteiger partial charge >= 0.3 is 77.5 Å². The summed E-state index contributed by atoms with van der Waals surface area (Å²) in [6, 6.07) is 29.4. The standard InChI is InChI=1S/4C7H10O6P2.3Hf/c4*8-14(9,10)6-15(11,12)13-7-4-2-1-3-5-7;;;/h4*1-5H,6H2,(H,11,12)(H2,8,9,10);;;/q;;;;3*+4/p-12. The van der Waals surface area contributed by atoms with Crippen LogP contribution in [0.3, 0.4) is 0 Å². The van der Waals surface area contributed by atoms with Crippen LogP contribution >= 0.6 is 60.8 Å². The molecule has 0 bridgehead atoms. The maximum absolute atomic E-state index is 11.0. The number of para-hydroxylation sites is 4. The van der Waals surface area contributed by atoms with Gasteiger partial charge in [0.05, 0.1) is 23.6 Å². The topological polar surface area (TPSA) is 450 Å². The summed E-state index contributed by atoms with van der Waals surface area (Å²) in [6.45, 7) is 0. The Kier molecular flexibility index (Phi) is 31.9. The van der Waals surface area contributed by atoms with Gasteiger partial charge in [-0.2, -0.15) is 0 Å². The molecule has 0 heterocycles. The van der Waals surface area contributed by atoms with E-state index in [2.05, 4.69) is 18.1 Å². The first-order chi connectivity index (χ1) is 27.1. The molecule has 0 radical (unpaired) electrons. The second-order valence-electron chi connectivity index (χ2n) is 11.1. The number of rotatable bonds is 16. The van der Waals surface area contributed by atoms with Crippen molar-refractivity contribution < 1.29 is 191 Å². The monoisotopic (exact) mass is 1540 g/mol. The van der Waals surface area contributed by atoms with E-state index in [9.17, 15) is 95.2 Å². The first-order valence-electron chi connectivity index (χ1n) is 15.4. The van der Waals surface area contributed by atoms with Crippen molar-refractivity contribution in [2.45, 2.75) is 0 Å². The summed E-state index contributed by atoms with van der Waals surface area (Å²) in [7, 11) is -39.2. The van der Waals surface area contributed by atoms with Crippen molar-refractivity contribution in [1.82, 2.24) is 0 Å². The average molecular weight is 1530 g/mol. The SMILES string of the molecule is O=P([O-])([O-])CP(=O)([O-])Oc1ccccc1.O=P([O-])([O-])CP(=O)([O-])Oc1ccccc1.O=P([O-])([O-])CP(=O)([O-])Oc1ccccc1.O=P([O-])([O-])CP(=O)([O-])Oc1ccccc1.[Hf+4].[Hf+4].[Hf+4]. The van der Waals surface area contributed by atoms with Crippen LogP contribution in [0.1, 0.15) is 0 Å². The van der Waals surface area contributed by atoms with Crippen molar-refractivity contribution in [1.29, 1.82) is 0 Å². The maximum Gasteiger partial charge on any atom is 4.00 e. The van der Waals surface area contributed by atoms with E-state index in [-0.39, 0.29) is 101 Å². The van der Waals surface area contributed by atoms with Gasteiger partial charge in [0.25, 0.3) is 0 Å². The minimum atomic E-state index is -5.12. The Morgan fingerprint density at radius 2 is 0.397 bits per heavy atom. The molecular formula is C28H28Hf3O24P8. The van der Waals surface area contributed by atoms with Gasteiger partial charge in [-0.15, -0.1) is 0 Å². The molecule has 0 aliphatic heterocycles. The van der Waals surface area contributed by atoms with Gasteiger partial charge < -0.3 is 95.1 Å². The fraction of sp³-hybridized carbons (Fsp3) is 0.143. The van der Waals surface area contributed by atoms with Crippen molar-refractivity contribution >= 4 is 60.8 Å². The largest absolute Gasteiger partial charge is 4.00 e. The summed E-state index contributed by atoms with van der Waals surface area (Å²) >= 11 is 0. The van der Waals surface area contributed by atoms with Gasteiger partial charge in [0.2, 0.25) is 0 Å². The van der Waals surface area contributed by atoms with Crippen molar-refractivity contribution in [3.8, 4) is 23.0 Å². The van der Waals surface area contributed by atoms with E-state index in [1.165, 1.54) is 97.1 Å². The van der Waals surface area contributed by atoms with Gasteiger partial charge in [0.1, 0.15) is 23.0 Å². The molecular weight excluding hydrogens is 1500 g/mol. The molecule has 4 unspecified atom stereocenters. The van der Waals surface area contributed by atoms with Gasteiger partial charge in [0.15, 0.2) is 30.4 Å². The summed E-state index contributed by atoms with van der Waals surface area (Å²) in [4.78, 5) is 126. The minimum absolute atomic E-state index is 0. The third-order valence-electron chi connectivity index (χ3n) is 5.34. The molecule has 336 valence electrons. The molecule has 35 heteroatoms. The Labute approximate surface area is 415 Å². The normalized spacial score (nSPS) is 14.9. The van der Waals surface area contributed by atoms with Crippen LogP contribution in [0, 0.1) is 0 Å². The molecule has 63 heavy (non-hydrogen) atoms. The molecule has 4 atom stereocenters. The van der Waals surface area contributed by atoms with E-state index in [4.69, 9.17) is 0 Å². The molecule has 4 rings (SSSR count). The van der Waals surface area contributed by atoms with E-state index < -0.39 is 84.4 Å². The molecule has 0 saturated heterocycles. The molecule has 0 aliphatic rings. The van der Waals surface area contributed by atoms with Gasteiger partial charge in [-0.1, -0.05) is 103 Å². The van der Waals surface area contributed by atoms with Crippen LogP contribution in [0.5, 0.6) is 23.0 Å². The Balaban J connectivity index is -0.000000750. The third-order valence-corrected chi connectivity index (χ3v) is 18.4. The van der Waals surface area contributed by atoms with Crippen molar-refractivity contribution in [3.63, 3.8) is 0 Å². The van der Waals surface area contributed by atoms with E-state index in [0.29, 0.717) is 0 Å². The summed E-state index contributed by atoms with van der Waals surface area (Å²) in [6.07, 6.45) is 0. The number of benzene rings is 4. The first-order valence-corrected chi connectivity index (χ1v) is 29.2. The van der Waals surface area contributed by atoms with Crippen LogP contribution in [-0.4, -0.2) is 23.6 Å². The van der Waals surface area contributed by atoms with Gasteiger partial charge in [-0.3, -0.25) is 18.3 Å². The van der Waals surface area contributed by atoms with Crippen LogP contribution in [-0.2, 0) is 114 Å². The smallest absolute Gasteiger partial charge is 0.810 e. The Hall–Kier alpha value is 0.0504. The van der Waals surface area contributed by atoms with E-state index in [0.717, 1.165) is 0 Å². The molecule has 4 aromatic carbocycles. The number of hydrogen-bond donors (Lipinski definition) is 0. The fourth-order valence-electron chi connectivity index (χ4n) is 3.53. The predicted octanol–water partition coefficient (Wildman–Crippen LogP) is -2.05. The van der Waals surface area contributed by atoms with Gasteiger partial charge in [-0.05, 0) is 48.5 Å². The second kappa shape index (κ2) is 29.8. The Bertz CT molecular complexity index is 1990. The van der Waals surface area contributed by atoms with Crippen molar-refractivity contribution in [2.24, 2.45) is 0 Å². The summed E-state index contributed by atoms with van der Waals surface area (Å²) in [5, 5.41) is 0. The number of hydrogen-bond acceptors (Lipinski definition) is 24. The molecule has 0 aromatic heterocycles. The zero-order valence-electron chi connectivity index (χ0n) is 31.3. The molecule has 4 aromatic rings. The third kappa shape index (κ3) is 38.7. The molecule has 0 amide bonds. The molecule has 0 N–H and O–H groups in total. The van der Waals surface area contributed by atoms with Gasteiger partial charge in [0, 0.05) is 0 Å². The average Bonchev–Trinajstić information content (AvgIpc) is 3.02. The summed E-state index contributed by atoms with van der Waals surface area (Å²) in [5.41, 5.74) is 0. The predicted molar refractivity (Wildman–Crippen MR) is 189 cm³/mol. The molecule has 0 saturated carbocycles. The minimum Gasteiger partial charge on any atom is -0.810 e. The molecule has 0 spiro atoms. The van der Waals surface area contributed by atoms with Crippen LogP contribution in [0.15, 0.2) is 121 Å². The molecule has 24 nitrogen and oxygen atoms in total. The summed E-state index contributed by atoms with van der Waals surface area (Å²) < 4.78 is 103. The quantitative estimate of drug-likeness (QED) is 0.0861. The zero-order chi connectivity index (χ0) is 46.1. The second-order valence-corrected chi connectivity index (χ2v) is 26.1. The Morgan fingerprint density at radius 3 is 0.508 bits per heavy atom. The van der Waals surface area contributed by atoms with Gasteiger partial charge in [-0.25, -0.2) is 0 Å². The fourth-order valence-corrected chi connectivity index (χ4v) is 13.0. The maximum atomic E-state index is 11.0. The van der Waals surface area contributed by atoms with E-state index in [1.54, 1.807) is 24.3 Å². The first kappa shape index (κ1) is 67.3. The molecule has 0 aliphatic carbocycles. The van der Waals surface area contributed by atoms with Crippen LogP contribution in [0.25, 0.3) is 0 Å². The zero-order valence-corrected chi connectivity index (χ0v) is 49.2. The van der Waals surface area contributed by atoms with Crippen LogP contribution in [0.4, 0.5) is 0 Å².